The number of hydrogen-bond donors (Lipinski definition) is 0. The van der Waals surface area contributed by atoms with Crippen LogP contribution in [0.4, 0.5) is 0 Å². The van der Waals surface area contributed by atoms with Crippen molar-refractivity contribution in [3.8, 4) is 0 Å². The number of nitrogens with zero attached hydrogens (tertiary/aromatic N) is 1. The number of aromatic nitrogens is 1. The highest BCUT2D eigenvalue weighted by atomic mass is 32.2. The zero-order valence-electron chi connectivity index (χ0n) is 7.00. The molecule has 1 rings (SSSR count). The molecule has 0 saturated heterocycles. The third-order valence-corrected chi connectivity index (χ3v) is 2.29. The number of thioether (sulfide) groups is 1. The molecular formula is C9H13NS. The Hall–Kier alpha value is -0.500. The fourth-order valence-electron chi connectivity index (χ4n) is 1.09. The van der Waals surface area contributed by atoms with Crippen molar-refractivity contribution in [3.05, 3.63) is 29.6 Å². The molecule has 1 nitrogen and oxygen atoms in total. The predicted molar refractivity (Wildman–Crippen MR) is 50.8 cm³/mol. The minimum absolute atomic E-state index is 1.08. The van der Waals surface area contributed by atoms with E-state index in [1.807, 2.05) is 24.2 Å². The second-order valence-electron chi connectivity index (χ2n) is 2.43. The average molecular weight is 167 g/mol. The molecular weight excluding hydrogens is 154 g/mol. The van der Waals surface area contributed by atoms with Gasteiger partial charge in [-0.15, -0.1) is 0 Å². The van der Waals surface area contributed by atoms with E-state index in [0.717, 1.165) is 12.2 Å². The third-order valence-electron chi connectivity index (χ3n) is 1.69. The lowest BCUT2D eigenvalue weighted by Crippen LogP contribution is -1.90. The lowest BCUT2D eigenvalue weighted by Gasteiger charge is -2.03. The molecule has 0 aliphatic carbocycles. The first kappa shape index (κ1) is 8.60. The molecule has 11 heavy (non-hydrogen) atoms. The van der Waals surface area contributed by atoms with Crippen LogP contribution in [-0.4, -0.2) is 11.2 Å². The molecule has 1 heterocycles. The lowest BCUT2D eigenvalue weighted by atomic mass is 10.1. The fraction of sp³-hybridized carbons (Fsp3) is 0.444. The standard InChI is InChI=1S/C9H13NS/c1-3-8-4-5-10-6-9(8)7-11-2/h4-6H,3,7H2,1-2H3. The molecule has 60 valence electrons. The molecule has 0 amide bonds. The van der Waals surface area contributed by atoms with Crippen molar-refractivity contribution in [2.45, 2.75) is 19.1 Å². The molecule has 0 radical (unpaired) electrons. The summed E-state index contributed by atoms with van der Waals surface area (Å²) >= 11 is 1.84. The van der Waals surface area contributed by atoms with Crippen LogP contribution in [0.5, 0.6) is 0 Å². The minimum Gasteiger partial charge on any atom is -0.264 e. The van der Waals surface area contributed by atoms with Crippen LogP contribution in [0.25, 0.3) is 0 Å². The van der Waals surface area contributed by atoms with Gasteiger partial charge in [0.1, 0.15) is 0 Å². The molecule has 0 atom stereocenters. The molecule has 0 unspecified atom stereocenters. The Bertz CT molecular complexity index is 223. The zero-order chi connectivity index (χ0) is 8.10. The van der Waals surface area contributed by atoms with Gasteiger partial charge in [-0.05, 0) is 29.9 Å². The van der Waals surface area contributed by atoms with Gasteiger partial charge in [-0.3, -0.25) is 4.98 Å². The predicted octanol–water partition coefficient (Wildman–Crippen LogP) is 2.51. The van der Waals surface area contributed by atoms with Crippen LogP contribution in [0.2, 0.25) is 0 Å². The van der Waals surface area contributed by atoms with E-state index in [-0.39, 0.29) is 0 Å². The van der Waals surface area contributed by atoms with E-state index in [2.05, 4.69) is 24.2 Å². The summed E-state index contributed by atoms with van der Waals surface area (Å²) in [4.78, 5) is 4.10. The molecule has 0 aromatic carbocycles. The van der Waals surface area contributed by atoms with Crippen LogP contribution in [0, 0.1) is 0 Å². The van der Waals surface area contributed by atoms with Gasteiger partial charge in [0.05, 0.1) is 0 Å². The Kier molecular flexibility index (Phi) is 3.43. The van der Waals surface area contributed by atoms with Gasteiger partial charge in [0.15, 0.2) is 0 Å². The van der Waals surface area contributed by atoms with Crippen molar-refractivity contribution in [3.63, 3.8) is 0 Å². The summed E-state index contributed by atoms with van der Waals surface area (Å²) in [6.07, 6.45) is 7.06. The molecule has 0 aliphatic rings. The van der Waals surface area contributed by atoms with Crippen LogP contribution in [0.15, 0.2) is 18.5 Å². The van der Waals surface area contributed by atoms with E-state index < -0.39 is 0 Å². The molecule has 1 aromatic rings. The minimum atomic E-state index is 1.08. The van der Waals surface area contributed by atoms with E-state index in [1.54, 1.807) is 0 Å². The SMILES string of the molecule is CCc1ccncc1CSC. The van der Waals surface area contributed by atoms with E-state index >= 15 is 0 Å². The topological polar surface area (TPSA) is 12.9 Å². The maximum Gasteiger partial charge on any atom is 0.0311 e. The second kappa shape index (κ2) is 4.39. The Labute approximate surface area is 72.2 Å². The van der Waals surface area contributed by atoms with Crippen molar-refractivity contribution in [1.29, 1.82) is 0 Å². The van der Waals surface area contributed by atoms with E-state index in [0.29, 0.717) is 0 Å². The smallest absolute Gasteiger partial charge is 0.0311 e. The quantitative estimate of drug-likeness (QED) is 0.686. The Morgan fingerprint density at radius 2 is 2.27 bits per heavy atom. The molecule has 0 saturated carbocycles. The highest BCUT2D eigenvalue weighted by Crippen LogP contribution is 2.13. The van der Waals surface area contributed by atoms with E-state index in [4.69, 9.17) is 0 Å². The number of pyridine rings is 1. The highest BCUT2D eigenvalue weighted by Gasteiger charge is 1.97. The summed E-state index contributed by atoms with van der Waals surface area (Å²) in [5.41, 5.74) is 2.80. The first-order valence-corrected chi connectivity index (χ1v) is 5.18. The Morgan fingerprint density at radius 1 is 1.45 bits per heavy atom. The average Bonchev–Trinajstić information content (AvgIpc) is 2.06. The van der Waals surface area contributed by atoms with Crippen LogP contribution in [-0.2, 0) is 12.2 Å². The number of rotatable bonds is 3. The molecule has 0 N–H and O–H groups in total. The second-order valence-corrected chi connectivity index (χ2v) is 3.30. The molecule has 1 aromatic heterocycles. The van der Waals surface area contributed by atoms with Crippen molar-refractivity contribution >= 4 is 11.8 Å². The van der Waals surface area contributed by atoms with Crippen LogP contribution >= 0.6 is 11.8 Å². The van der Waals surface area contributed by atoms with Gasteiger partial charge < -0.3 is 0 Å². The molecule has 0 spiro atoms. The molecule has 0 aliphatic heterocycles. The van der Waals surface area contributed by atoms with E-state index in [1.165, 1.54) is 11.1 Å². The summed E-state index contributed by atoms with van der Waals surface area (Å²) in [7, 11) is 0. The summed E-state index contributed by atoms with van der Waals surface area (Å²) in [5, 5.41) is 0. The van der Waals surface area contributed by atoms with E-state index in [9.17, 15) is 0 Å². The van der Waals surface area contributed by atoms with Gasteiger partial charge in [-0.2, -0.15) is 11.8 Å². The summed E-state index contributed by atoms with van der Waals surface area (Å²) in [6.45, 7) is 2.18. The fourth-order valence-corrected chi connectivity index (χ4v) is 1.66. The zero-order valence-corrected chi connectivity index (χ0v) is 7.82. The molecule has 0 fully saturated rings. The lowest BCUT2D eigenvalue weighted by molar-refractivity contribution is 1.07. The Balaban J connectivity index is 2.83. The first-order chi connectivity index (χ1) is 5.38. The maximum absolute atomic E-state index is 4.10. The number of hydrogen-bond acceptors (Lipinski definition) is 2. The summed E-state index contributed by atoms with van der Waals surface area (Å²) < 4.78 is 0. The van der Waals surface area contributed by atoms with Crippen molar-refractivity contribution in [2.75, 3.05) is 6.26 Å². The van der Waals surface area contributed by atoms with Gasteiger partial charge >= 0.3 is 0 Å². The number of aryl methyl sites for hydroxylation is 1. The Morgan fingerprint density at radius 3 is 2.91 bits per heavy atom. The first-order valence-electron chi connectivity index (χ1n) is 3.79. The van der Waals surface area contributed by atoms with Crippen molar-refractivity contribution < 1.29 is 0 Å². The molecule has 2 heteroatoms. The highest BCUT2D eigenvalue weighted by molar-refractivity contribution is 7.97. The van der Waals surface area contributed by atoms with Crippen molar-refractivity contribution in [1.82, 2.24) is 4.98 Å². The summed E-state index contributed by atoms with van der Waals surface area (Å²) in [5.74, 6) is 1.08. The van der Waals surface area contributed by atoms with Crippen molar-refractivity contribution in [2.24, 2.45) is 0 Å². The van der Waals surface area contributed by atoms with Crippen LogP contribution < -0.4 is 0 Å². The third kappa shape index (κ3) is 2.22. The van der Waals surface area contributed by atoms with Gasteiger partial charge in [0.2, 0.25) is 0 Å². The monoisotopic (exact) mass is 167 g/mol. The van der Waals surface area contributed by atoms with Gasteiger partial charge in [0.25, 0.3) is 0 Å². The van der Waals surface area contributed by atoms with Crippen LogP contribution in [0.1, 0.15) is 18.1 Å². The normalized spacial score (nSPS) is 10.0. The van der Waals surface area contributed by atoms with Crippen LogP contribution in [0.3, 0.4) is 0 Å². The van der Waals surface area contributed by atoms with Gasteiger partial charge in [-0.1, -0.05) is 6.92 Å². The summed E-state index contributed by atoms with van der Waals surface area (Å²) in [6, 6.07) is 2.10. The molecule has 0 bridgehead atoms. The van der Waals surface area contributed by atoms with Gasteiger partial charge in [0, 0.05) is 18.1 Å². The maximum atomic E-state index is 4.10. The largest absolute Gasteiger partial charge is 0.264 e. The van der Waals surface area contributed by atoms with Gasteiger partial charge in [-0.25, -0.2) is 0 Å².